The van der Waals surface area contributed by atoms with Crippen molar-refractivity contribution in [1.82, 2.24) is 14.8 Å². The van der Waals surface area contributed by atoms with Crippen LogP contribution in [0.25, 0.3) is 0 Å². The van der Waals surface area contributed by atoms with Crippen LogP contribution in [0.5, 0.6) is 0 Å². The predicted molar refractivity (Wildman–Crippen MR) is 93.8 cm³/mol. The van der Waals surface area contributed by atoms with E-state index in [0.717, 1.165) is 26.1 Å². The van der Waals surface area contributed by atoms with Crippen molar-refractivity contribution in [3.63, 3.8) is 0 Å². The third kappa shape index (κ3) is 7.08. The Balaban J connectivity index is 2.64. The number of hydrogen-bond donors (Lipinski definition) is 0. The van der Waals surface area contributed by atoms with Crippen molar-refractivity contribution in [3.8, 4) is 0 Å². The maximum absolute atomic E-state index is 12.7. The molecule has 0 bridgehead atoms. The molecule has 134 valence electrons. The summed E-state index contributed by atoms with van der Waals surface area (Å²) in [5.74, 6) is -0.338. The van der Waals surface area contributed by atoms with E-state index in [4.69, 9.17) is 4.74 Å². The molecule has 0 aliphatic heterocycles. The first-order valence-corrected chi connectivity index (χ1v) is 8.69. The molecule has 0 saturated carbocycles. The van der Waals surface area contributed by atoms with Gasteiger partial charge in [-0.25, -0.2) is 0 Å². The van der Waals surface area contributed by atoms with Gasteiger partial charge in [-0.05, 0) is 45.1 Å². The van der Waals surface area contributed by atoms with Gasteiger partial charge in [-0.3, -0.25) is 14.6 Å². The average Bonchev–Trinajstić information content (AvgIpc) is 2.61. The lowest BCUT2D eigenvalue weighted by molar-refractivity contribution is -0.143. The second-order valence-electron chi connectivity index (χ2n) is 5.46. The van der Waals surface area contributed by atoms with Crippen molar-refractivity contribution in [3.05, 3.63) is 30.1 Å². The van der Waals surface area contributed by atoms with Crippen molar-refractivity contribution in [2.75, 3.05) is 39.3 Å². The molecule has 0 saturated heterocycles. The normalized spacial score (nSPS) is 10.7. The van der Waals surface area contributed by atoms with E-state index in [-0.39, 0.29) is 18.3 Å². The Kier molecular flexibility index (Phi) is 9.68. The molecule has 0 radical (unpaired) electrons. The largest absolute Gasteiger partial charge is 0.466 e. The van der Waals surface area contributed by atoms with Crippen LogP contribution in [0.15, 0.2) is 24.5 Å². The predicted octanol–water partition coefficient (Wildman–Crippen LogP) is 2.21. The van der Waals surface area contributed by atoms with Crippen LogP contribution >= 0.6 is 0 Å². The van der Waals surface area contributed by atoms with Crippen molar-refractivity contribution in [1.29, 1.82) is 0 Å². The van der Waals surface area contributed by atoms with Crippen molar-refractivity contribution in [2.24, 2.45) is 0 Å². The van der Waals surface area contributed by atoms with Gasteiger partial charge in [0.2, 0.25) is 0 Å². The lowest BCUT2D eigenvalue weighted by Crippen LogP contribution is -2.36. The minimum absolute atomic E-state index is 0.0683. The Morgan fingerprint density at radius 2 is 1.71 bits per heavy atom. The van der Waals surface area contributed by atoms with E-state index >= 15 is 0 Å². The molecular formula is C18H29N3O3. The lowest BCUT2D eigenvalue weighted by atomic mass is 10.2. The summed E-state index contributed by atoms with van der Waals surface area (Å²) in [6, 6.07) is 3.40. The standard InChI is InChI=1S/C18H29N3O3/c1-4-20(5-2)13-7-14-21(15-10-17(22)24-6-3)18(23)16-8-11-19-12-9-16/h8-9,11-12H,4-7,10,13-15H2,1-3H3. The highest BCUT2D eigenvalue weighted by Crippen LogP contribution is 2.07. The smallest absolute Gasteiger partial charge is 0.307 e. The Bertz CT molecular complexity index is 490. The number of ether oxygens (including phenoxy) is 1. The highest BCUT2D eigenvalue weighted by atomic mass is 16.5. The molecule has 0 aliphatic rings. The molecule has 0 unspecified atom stereocenters. The van der Waals surface area contributed by atoms with E-state index in [1.165, 1.54) is 0 Å². The van der Waals surface area contributed by atoms with Crippen LogP contribution in [0.2, 0.25) is 0 Å². The van der Waals surface area contributed by atoms with Gasteiger partial charge in [0.05, 0.1) is 13.0 Å². The second-order valence-corrected chi connectivity index (χ2v) is 5.46. The van der Waals surface area contributed by atoms with Gasteiger partial charge in [0.25, 0.3) is 5.91 Å². The maximum atomic E-state index is 12.7. The average molecular weight is 335 g/mol. The molecule has 1 heterocycles. The van der Waals surface area contributed by atoms with E-state index in [0.29, 0.717) is 25.3 Å². The van der Waals surface area contributed by atoms with E-state index in [1.807, 2.05) is 0 Å². The quantitative estimate of drug-likeness (QED) is 0.580. The van der Waals surface area contributed by atoms with E-state index in [9.17, 15) is 9.59 Å². The molecule has 0 fully saturated rings. The highest BCUT2D eigenvalue weighted by Gasteiger charge is 2.17. The van der Waals surface area contributed by atoms with Crippen LogP contribution in [0.4, 0.5) is 0 Å². The summed E-state index contributed by atoms with van der Waals surface area (Å²) in [6.45, 7) is 10.3. The Morgan fingerprint density at radius 3 is 2.29 bits per heavy atom. The summed E-state index contributed by atoms with van der Waals surface area (Å²) < 4.78 is 4.96. The molecule has 6 nitrogen and oxygen atoms in total. The van der Waals surface area contributed by atoms with Crippen molar-refractivity contribution >= 4 is 11.9 Å². The fourth-order valence-corrected chi connectivity index (χ4v) is 2.48. The molecule has 0 N–H and O–H groups in total. The van der Waals surface area contributed by atoms with Crippen LogP contribution in [0, 0.1) is 0 Å². The minimum atomic E-state index is -0.270. The molecule has 0 aromatic carbocycles. The zero-order valence-corrected chi connectivity index (χ0v) is 15.0. The highest BCUT2D eigenvalue weighted by molar-refractivity contribution is 5.94. The fraction of sp³-hybridized carbons (Fsp3) is 0.611. The van der Waals surface area contributed by atoms with E-state index in [1.54, 1.807) is 36.4 Å². The molecule has 1 aromatic heterocycles. The summed E-state index contributed by atoms with van der Waals surface area (Å²) in [4.78, 5) is 32.3. The fourth-order valence-electron chi connectivity index (χ4n) is 2.48. The van der Waals surface area contributed by atoms with Crippen molar-refractivity contribution < 1.29 is 14.3 Å². The number of amides is 1. The first-order valence-electron chi connectivity index (χ1n) is 8.69. The number of carbonyl (C=O) groups excluding carboxylic acids is 2. The van der Waals surface area contributed by atoms with Gasteiger partial charge in [0.15, 0.2) is 0 Å². The molecule has 1 amide bonds. The van der Waals surface area contributed by atoms with Gasteiger partial charge in [-0.1, -0.05) is 13.8 Å². The van der Waals surface area contributed by atoms with Gasteiger partial charge < -0.3 is 14.5 Å². The number of carbonyl (C=O) groups is 2. The number of pyridine rings is 1. The lowest BCUT2D eigenvalue weighted by Gasteiger charge is -2.24. The van der Waals surface area contributed by atoms with Gasteiger partial charge >= 0.3 is 5.97 Å². The number of esters is 1. The monoisotopic (exact) mass is 335 g/mol. The minimum Gasteiger partial charge on any atom is -0.466 e. The molecule has 1 rings (SSSR count). The van der Waals surface area contributed by atoms with E-state index < -0.39 is 0 Å². The molecular weight excluding hydrogens is 306 g/mol. The first kappa shape index (κ1) is 20.1. The third-order valence-corrected chi connectivity index (χ3v) is 3.90. The van der Waals surface area contributed by atoms with Crippen LogP contribution in [-0.4, -0.2) is 66.0 Å². The number of aromatic nitrogens is 1. The van der Waals surface area contributed by atoms with E-state index in [2.05, 4.69) is 23.7 Å². The topological polar surface area (TPSA) is 62.7 Å². The molecule has 1 aromatic rings. The molecule has 6 heteroatoms. The second kappa shape index (κ2) is 11.6. The van der Waals surface area contributed by atoms with Gasteiger partial charge in [-0.2, -0.15) is 0 Å². The summed E-state index contributed by atoms with van der Waals surface area (Å²) >= 11 is 0. The zero-order valence-electron chi connectivity index (χ0n) is 15.0. The number of hydrogen-bond acceptors (Lipinski definition) is 5. The number of nitrogens with zero attached hydrogens (tertiary/aromatic N) is 3. The van der Waals surface area contributed by atoms with Gasteiger partial charge in [0.1, 0.15) is 0 Å². The summed E-state index contributed by atoms with van der Waals surface area (Å²) in [7, 11) is 0. The SMILES string of the molecule is CCOC(=O)CCN(CCCN(CC)CC)C(=O)c1ccncc1. The van der Waals surface area contributed by atoms with Crippen molar-refractivity contribution in [2.45, 2.75) is 33.6 Å². The molecule has 0 atom stereocenters. The molecule has 0 aliphatic carbocycles. The Labute approximate surface area is 144 Å². The van der Waals surface area contributed by atoms with Crippen LogP contribution in [0.1, 0.15) is 44.0 Å². The molecule has 0 spiro atoms. The van der Waals surface area contributed by atoms with Crippen LogP contribution in [0.3, 0.4) is 0 Å². The van der Waals surface area contributed by atoms with Gasteiger partial charge in [0, 0.05) is 31.0 Å². The summed E-state index contributed by atoms with van der Waals surface area (Å²) in [6.07, 6.45) is 4.30. The summed E-state index contributed by atoms with van der Waals surface area (Å²) in [5.41, 5.74) is 0.594. The zero-order chi connectivity index (χ0) is 17.8. The van der Waals surface area contributed by atoms with Crippen LogP contribution in [-0.2, 0) is 9.53 Å². The first-order chi connectivity index (χ1) is 11.6. The Hall–Kier alpha value is -1.95. The number of rotatable bonds is 11. The third-order valence-electron chi connectivity index (χ3n) is 3.90. The Morgan fingerprint density at radius 1 is 1.04 bits per heavy atom. The van der Waals surface area contributed by atoms with Gasteiger partial charge in [-0.15, -0.1) is 0 Å². The van der Waals surface area contributed by atoms with Crippen LogP contribution < -0.4 is 0 Å². The molecule has 24 heavy (non-hydrogen) atoms. The summed E-state index contributed by atoms with van der Waals surface area (Å²) in [5, 5.41) is 0. The maximum Gasteiger partial charge on any atom is 0.307 e.